The van der Waals surface area contributed by atoms with Crippen LogP contribution in [-0.4, -0.2) is 6.10 Å². The summed E-state index contributed by atoms with van der Waals surface area (Å²) in [6, 6.07) is 16.4. The summed E-state index contributed by atoms with van der Waals surface area (Å²) in [6.07, 6.45) is 9.03. The number of rotatable bonds is 2. The molecular weight excluding hydrogens is 400 g/mol. The highest BCUT2D eigenvalue weighted by Gasteiger charge is 2.26. The van der Waals surface area contributed by atoms with Crippen molar-refractivity contribution in [1.29, 1.82) is 10.5 Å². The highest BCUT2D eigenvalue weighted by atomic mass is 16.5. The average Bonchev–Trinajstić information content (AvgIpc) is 2.82. The largest absolute Gasteiger partial charge is 0.872 e. The highest BCUT2D eigenvalue weighted by molar-refractivity contribution is 5.80. The Morgan fingerprint density at radius 2 is 1.91 bits per heavy atom. The SMILES string of the molecule is N#CC(C#N)=C1CC(/C=C/C2=C3Oc4cc([O-])ccc4C=C3CCC2)Oc2ccccc21. The van der Waals surface area contributed by atoms with E-state index in [0.717, 1.165) is 47.3 Å². The number of allylic oxidation sites excluding steroid dienone is 4. The minimum Gasteiger partial charge on any atom is -0.872 e. The van der Waals surface area contributed by atoms with E-state index >= 15 is 0 Å². The third-order valence-corrected chi connectivity index (χ3v) is 5.94. The molecule has 0 spiro atoms. The zero-order chi connectivity index (χ0) is 22.1. The lowest BCUT2D eigenvalue weighted by atomic mass is 9.88. The van der Waals surface area contributed by atoms with Crippen molar-refractivity contribution in [2.24, 2.45) is 0 Å². The molecule has 5 rings (SSSR count). The van der Waals surface area contributed by atoms with Gasteiger partial charge in [-0.1, -0.05) is 36.4 Å². The van der Waals surface area contributed by atoms with Gasteiger partial charge < -0.3 is 14.6 Å². The van der Waals surface area contributed by atoms with E-state index in [1.165, 1.54) is 6.07 Å². The molecule has 5 heteroatoms. The van der Waals surface area contributed by atoms with Crippen molar-refractivity contribution in [2.45, 2.75) is 31.8 Å². The molecule has 2 aliphatic heterocycles. The lowest BCUT2D eigenvalue weighted by molar-refractivity contribution is -0.268. The van der Waals surface area contributed by atoms with Gasteiger partial charge in [-0.3, -0.25) is 0 Å². The molecule has 5 nitrogen and oxygen atoms in total. The van der Waals surface area contributed by atoms with Gasteiger partial charge in [0, 0.05) is 17.5 Å². The van der Waals surface area contributed by atoms with Gasteiger partial charge in [0.25, 0.3) is 0 Å². The molecule has 0 fully saturated rings. The van der Waals surface area contributed by atoms with Gasteiger partial charge in [-0.15, -0.1) is 5.75 Å². The zero-order valence-corrected chi connectivity index (χ0v) is 17.3. The van der Waals surface area contributed by atoms with Gasteiger partial charge in [-0.2, -0.15) is 10.5 Å². The summed E-state index contributed by atoms with van der Waals surface area (Å²) in [5.74, 6) is 1.99. The molecule has 0 amide bonds. The van der Waals surface area contributed by atoms with Crippen LogP contribution in [0.4, 0.5) is 0 Å². The quantitative estimate of drug-likeness (QED) is 0.626. The van der Waals surface area contributed by atoms with E-state index in [1.54, 1.807) is 12.1 Å². The molecule has 32 heavy (non-hydrogen) atoms. The van der Waals surface area contributed by atoms with E-state index in [1.807, 2.05) is 48.6 Å². The molecule has 2 aromatic carbocycles. The lowest BCUT2D eigenvalue weighted by Crippen LogP contribution is -2.20. The third kappa shape index (κ3) is 3.55. The number of hydrogen-bond acceptors (Lipinski definition) is 5. The van der Waals surface area contributed by atoms with Crippen LogP contribution in [-0.2, 0) is 0 Å². The van der Waals surface area contributed by atoms with Gasteiger partial charge in [0.05, 0.1) is 0 Å². The topological polar surface area (TPSA) is 89.1 Å². The molecule has 0 saturated heterocycles. The van der Waals surface area contributed by atoms with E-state index in [-0.39, 0.29) is 17.4 Å². The maximum Gasteiger partial charge on any atom is 0.134 e. The molecule has 2 aromatic rings. The number of para-hydroxylation sites is 1. The Kier molecular flexibility index (Phi) is 5.01. The van der Waals surface area contributed by atoms with Crippen LogP contribution in [0.25, 0.3) is 11.6 Å². The molecule has 0 N–H and O–H groups in total. The van der Waals surface area contributed by atoms with Crippen molar-refractivity contribution < 1.29 is 14.6 Å². The van der Waals surface area contributed by atoms with Crippen molar-refractivity contribution >= 4 is 11.6 Å². The Hall–Kier alpha value is -4.22. The number of ether oxygens (including phenoxy) is 2. The van der Waals surface area contributed by atoms with Crippen LogP contribution in [0.2, 0.25) is 0 Å². The van der Waals surface area contributed by atoms with E-state index in [9.17, 15) is 15.6 Å². The molecule has 0 bridgehead atoms. The highest BCUT2D eigenvalue weighted by Crippen LogP contribution is 2.41. The van der Waals surface area contributed by atoms with Crippen molar-refractivity contribution in [3.63, 3.8) is 0 Å². The van der Waals surface area contributed by atoms with Crippen molar-refractivity contribution in [1.82, 2.24) is 0 Å². The van der Waals surface area contributed by atoms with E-state index in [0.29, 0.717) is 23.5 Å². The van der Waals surface area contributed by atoms with Crippen molar-refractivity contribution in [3.8, 4) is 29.4 Å². The summed E-state index contributed by atoms with van der Waals surface area (Å²) < 4.78 is 12.3. The molecule has 0 aromatic heterocycles. The summed E-state index contributed by atoms with van der Waals surface area (Å²) in [5.41, 5.74) is 4.73. The molecule has 2 heterocycles. The Balaban J connectivity index is 1.48. The molecule has 156 valence electrons. The van der Waals surface area contributed by atoms with Gasteiger partial charge in [0.15, 0.2) is 0 Å². The molecule has 3 aliphatic rings. The van der Waals surface area contributed by atoms with E-state index in [2.05, 4.69) is 6.08 Å². The Bertz CT molecular complexity index is 1300. The fourth-order valence-corrected chi connectivity index (χ4v) is 4.41. The van der Waals surface area contributed by atoms with Gasteiger partial charge in [-0.25, -0.2) is 0 Å². The van der Waals surface area contributed by atoms with Crippen LogP contribution in [0.3, 0.4) is 0 Å². The number of fused-ring (bicyclic) bond motifs is 3. The first-order chi connectivity index (χ1) is 15.7. The monoisotopic (exact) mass is 419 g/mol. The molecule has 0 saturated carbocycles. The summed E-state index contributed by atoms with van der Waals surface area (Å²) in [6.45, 7) is 0. The third-order valence-electron chi connectivity index (χ3n) is 5.94. The van der Waals surface area contributed by atoms with Crippen LogP contribution in [0.5, 0.6) is 17.2 Å². The molecule has 1 unspecified atom stereocenters. The fraction of sp³-hybridized carbons (Fsp3) is 0.185. The van der Waals surface area contributed by atoms with Crippen molar-refractivity contribution in [2.75, 3.05) is 0 Å². The van der Waals surface area contributed by atoms with Crippen LogP contribution in [0, 0.1) is 22.7 Å². The maximum absolute atomic E-state index is 11.8. The maximum atomic E-state index is 11.8. The normalized spacial score (nSPS) is 18.9. The summed E-state index contributed by atoms with van der Waals surface area (Å²) in [7, 11) is 0. The second-order valence-electron chi connectivity index (χ2n) is 7.97. The minimum absolute atomic E-state index is 0.0755. The average molecular weight is 419 g/mol. The van der Waals surface area contributed by atoms with Crippen LogP contribution < -0.4 is 14.6 Å². The standard InChI is InChI=1S/C27H20N2O3/c28-15-20(16-29)24-14-22(31-25-7-2-1-6-23(24)25)11-9-17-4-3-5-19-12-18-8-10-21(30)13-26(18)32-27(17)19/h1-2,6-13,22,30H,3-5,14H2/p-1/b11-9+. The second-order valence-corrected chi connectivity index (χ2v) is 7.97. The first kappa shape index (κ1) is 19.7. The molecule has 0 radical (unpaired) electrons. The van der Waals surface area contributed by atoms with Crippen LogP contribution in [0.1, 0.15) is 36.8 Å². The molecule has 1 aliphatic carbocycles. The minimum atomic E-state index is -0.303. The van der Waals surface area contributed by atoms with Gasteiger partial charge in [0.2, 0.25) is 0 Å². The first-order valence-electron chi connectivity index (χ1n) is 10.6. The van der Waals surface area contributed by atoms with E-state index < -0.39 is 0 Å². The number of benzene rings is 2. The van der Waals surface area contributed by atoms with Gasteiger partial charge in [-0.05, 0) is 60.3 Å². The smallest absolute Gasteiger partial charge is 0.134 e. The lowest BCUT2D eigenvalue weighted by Gasteiger charge is -2.28. The van der Waals surface area contributed by atoms with Gasteiger partial charge in [0.1, 0.15) is 41.1 Å². The number of hydrogen-bond donors (Lipinski definition) is 0. The van der Waals surface area contributed by atoms with Crippen molar-refractivity contribution in [3.05, 3.63) is 88.2 Å². The van der Waals surface area contributed by atoms with Crippen LogP contribution >= 0.6 is 0 Å². The first-order valence-corrected chi connectivity index (χ1v) is 10.6. The predicted octanol–water partition coefficient (Wildman–Crippen LogP) is 5.18. The Labute approximate surface area is 186 Å². The molecule has 1 atom stereocenters. The molecular formula is C27H19N2O3-. The predicted molar refractivity (Wildman–Crippen MR) is 118 cm³/mol. The Morgan fingerprint density at radius 1 is 1.06 bits per heavy atom. The second kappa shape index (κ2) is 8.13. The van der Waals surface area contributed by atoms with E-state index in [4.69, 9.17) is 9.47 Å². The summed E-state index contributed by atoms with van der Waals surface area (Å²) in [5, 5.41) is 30.6. The number of nitriles is 2. The summed E-state index contributed by atoms with van der Waals surface area (Å²) >= 11 is 0. The van der Waals surface area contributed by atoms with Gasteiger partial charge >= 0.3 is 0 Å². The fourth-order valence-electron chi connectivity index (χ4n) is 4.41. The zero-order valence-electron chi connectivity index (χ0n) is 17.3. The Morgan fingerprint density at radius 3 is 2.75 bits per heavy atom. The number of nitrogens with zero attached hydrogens (tertiary/aromatic N) is 2. The van der Waals surface area contributed by atoms with Crippen LogP contribution in [0.15, 0.2) is 77.1 Å². The summed E-state index contributed by atoms with van der Waals surface area (Å²) in [4.78, 5) is 0.